The quantitative estimate of drug-likeness (QED) is 0.395. The zero-order valence-electron chi connectivity index (χ0n) is 14.4. The van der Waals surface area contributed by atoms with E-state index in [0.717, 1.165) is 35.7 Å². The maximum Gasteiger partial charge on any atom is 0.361 e. The number of hydrogen-bond acceptors (Lipinski definition) is 5. The summed E-state index contributed by atoms with van der Waals surface area (Å²) < 4.78 is 10.8. The lowest BCUT2D eigenvalue weighted by molar-refractivity contribution is 0.258. The lowest BCUT2D eigenvalue weighted by atomic mass is 10.1. The highest BCUT2D eigenvalue weighted by atomic mass is 16.5. The fraction of sp³-hybridized carbons (Fsp3) is 0.333. The third-order valence-corrected chi connectivity index (χ3v) is 3.61. The van der Waals surface area contributed by atoms with E-state index in [-0.39, 0.29) is 6.61 Å². The van der Waals surface area contributed by atoms with Crippen molar-refractivity contribution in [1.82, 2.24) is 10.1 Å². The number of benzene rings is 2. The molecular weight excluding hydrogens is 303 g/mol. The summed E-state index contributed by atoms with van der Waals surface area (Å²) in [5.74, 6) is 0.727. The van der Waals surface area contributed by atoms with Gasteiger partial charge in [0.1, 0.15) is 12.4 Å². The number of aliphatic hydroxyl groups is 1. The van der Waals surface area contributed by atoms with Crippen molar-refractivity contribution in [1.29, 1.82) is 0 Å². The first kappa shape index (κ1) is 18.5. The fourth-order valence-corrected chi connectivity index (χ4v) is 2.44. The van der Waals surface area contributed by atoms with Crippen molar-refractivity contribution >= 4 is 7.62 Å². The smallest absolute Gasteiger partial charge is 0.361 e. The van der Waals surface area contributed by atoms with Crippen LogP contribution in [0.5, 0.6) is 5.75 Å². The first-order valence-electron chi connectivity index (χ1n) is 8.00. The van der Waals surface area contributed by atoms with Gasteiger partial charge in [0.2, 0.25) is 0 Å². The molecule has 5 nitrogen and oxygen atoms in total. The van der Waals surface area contributed by atoms with E-state index in [1.165, 1.54) is 0 Å². The molecule has 0 aromatic heterocycles. The van der Waals surface area contributed by atoms with Gasteiger partial charge < -0.3 is 19.7 Å². The van der Waals surface area contributed by atoms with Crippen LogP contribution in [0.1, 0.15) is 16.7 Å². The number of ether oxygens (including phenoxy) is 1. The molecule has 0 aliphatic carbocycles. The van der Waals surface area contributed by atoms with Gasteiger partial charge in [-0.25, -0.2) is 0 Å². The Balaban J connectivity index is 1.94. The molecule has 0 aliphatic heterocycles. The molecule has 0 radical (unpaired) electrons. The van der Waals surface area contributed by atoms with Crippen molar-refractivity contribution in [2.45, 2.75) is 19.8 Å². The second kappa shape index (κ2) is 10.1. The summed E-state index contributed by atoms with van der Waals surface area (Å²) in [7, 11) is 4.22. The number of nitrogens with one attached hydrogen (secondary N) is 1. The van der Waals surface area contributed by atoms with Crippen molar-refractivity contribution in [3.05, 3.63) is 65.2 Å². The standard InChI is InChI=1S/C18H25BN2O3/c1-21(14-20-19-23-2)11-16-8-9-18(17(10-16)12-22)24-13-15-6-4-3-5-7-15/h3-10,19-20,22H,11-14H2,1-2H3. The Morgan fingerprint density at radius 1 is 1.12 bits per heavy atom. The minimum absolute atomic E-state index is 0.0381. The van der Waals surface area contributed by atoms with E-state index in [2.05, 4.69) is 10.1 Å². The third-order valence-electron chi connectivity index (χ3n) is 3.61. The van der Waals surface area contributed by atoms with Crippen molar-refractivity contribution < 1.29 is 14.5 Å². The largest absolute Gasteiger partial charge is 0.489 e. The summed E-state index contributed by atoms with van der Waals surface area (Å²) >= 11 is 0. The van der Waals surface area contributed by atoms with Gasteiger partial charge in [-0.1, -0.05) is 36.4 Å². The van der Waals surface area contributed by atoms with Crippen LogP contribution in [0.4, 0.5) is 0 Å². The molecule has 0 atom stereocenters. The molecule has 2 aromatic rings. The fourth-order valence-electron chi connectivity index (χ4n) is 2.44. The molecule has 24 heavy (non-hydrogen) atoms. The van der Waals surface area contributed by atoms with Crippen LogP contribution in [0.3, 0.4) is 0 Å². The van der Waals surface area contributed by atoms with Crippen LogP contribution in [0.15, 0.2) is 48.5 Å². The van der Waals surface area contributed by atoms with E-state index < -0.39 is 0 Å². The van der Waals surface area contributed by atoms with Crippen molar-refractivity contribution in [3.8, 4) is 5.75 Å². The summed E-state index contributed by atoms with van der Waals surface area (Å²) in [5, 5.41) is 12.8. The van der Waals surface area contributed by atoms with Gasteiger partial charge in [0.15, 0.2) is 0 Å². The summed E-state index contributed by atoms with van der Waals surface area (Å²) in [6.07, 6.45) is 0. The second-order valence-corrected chi connectivity index (χ2v) is 5.73. The highest BCUT2D eigenvalue weighted by Gasteiger charge is 2.07. The van der Waals surface area contributed by atoms with E-state index in [4.69, 9.17) is 9.39 Å². The molecule has 0 spiro atoms. The van der Waals surface area contributed by atoms with E-state index in [9.17, 15) is 5.11 Å². The van der Waals surface area contributed by atoms with Gasteiger partial charge in [-0.15, -0.1) is 0 Å². The molecule has 0 bridgehead atoms. The Bertz CT molecular complexity index is 610. The van der Waals surface area contributed by atoms with Gasteiger partial charge in [0.25, 0.3) is 0 Å². The van der Waals surface area contributed by atoms with E-state index >= 15 is 0 Å². The maximum atomic E-state index is 9.63. The average Bonchev–Trinajstić information content (AvgIpc) is 2.61. The van der Waals surface area contributed by atoms with Crippen molar-refractivity contribution in [2.24, 2.45) is 0 Å². The molecule has 0 unspecified atom stereocenters. The second-order valence-electron chi connectivity index (χ2n) is 5.73. The summed E-state index contributed by atoms with van der Waals surface area (Å²) in [6.45, 7) is 1.97. The molecule has 0 saturated carbocycles. The number of hydrogen-bond donors (Lipinski definition) is 2. The molecule has 0 aliphatic rings. The van der Waals surface area contributed by atoms with Gasteiger partial charge in [-0.3, -0.25) is 4.90 Å². The van der Waals surface area contributed by atoms with Crippen LogP contribution in [-0.2, 0) is 24.4 Å². The molecule has 2 N–H and O–H groups in total. The normalized spacial score (nSPS) is 10.8. The highest BCUT2D eigenvalue weighted by Crippen LogP contribution is 2.22. The number of nitrogens with zero attached hydrogens (tertiary/aromatic N) is 1. The molecule has 0 fully saturated rings. The van der Waals surface area contributed by atoms with Crippen molar-refractivity contribution in [2.75, 3.05) is 20.8 Å². The molecule has 0 heterocycles. The van der Waals surface area contributed by atoms with E-state index in [0.29, 0.717) is 14.2 Å². The molecule has 6 heteroatoms. The first-order valence-corrected chi connectivity index (χ1v) is 8.00. The zero-order chi connectivity index (χ0) is 17.2. The van der Waals surface area contributed by atoms with E-state index in [1.54, 1.807) is 7.11 Å². The van der Waals surface area contributed by atoms with Crippen LogP contribution in [0.25, 0.3) is 0 Å². The molecule has 128 valence electrons. The molecular formula is C18H25BN2O3. The van der Waals surface area contributed by atoms with Crippen LogP contribution in [-0.4, -0.2) is 38.4 Å². The lowest BCUT2D eigenvalue weighted by Crippen LogP contribution is -2.33. The minimum Gasteiger partial charge on any atom is -0.489 e. The predicted octanol–water partition coefficient (Wildman–Crippen LogP) is 1.65. The Morgan fingerprint density at radius 2 is 1.92 bits per heavy atom. The SMILES string of the molecule is COBNCN(C)Cc1ccc(OCc2ccccc2)c(CO)c1. The third kappa shape index (κ3) is 5.98. The van der Waals surface area contributed by atoms with Gasteiger partial charge in [0.05, 0.1) is 6.61 Å². The van der Waals surface area contributed by atoms with Crippen LogP contribution in [0.2, 0.25) is 0 Å². The van der Waals surface area contributed by atoms with Gasteiger partial charge >= 0.3 is 7.62 Å². The topological polar surface area (TPSA) is 54.0 Å². The Hall–Kier alpha value is -1.86. The maximum absolute atomic E-state index is 9.63. The Labute approximate surface area is 144 Å². The lowest BCUT2D eigenvalue weighted by Gasteiger charge is -2.18. The molecule has 2 aromatic carbocycles. The first-order chi connectivity index (χ1) is 11.7. The van der Waals surface area contributed by atoms with Crippen LogP contribution in [0, 0.1) is 0 Å². The highest BCUT2D eigenvalue weighted by molar-refractivity contribution is 6.23. The Morgan fingerprint density at radius 3 is 2.62 bits per heavy atom. The average molecular weight is 328 g/mol. The van der Waals surface area contributed by atoms with Gasteiger partial charge in [0, 0.05) is 25.9 Å². The van der Waals surface area contributed by atoms with Crippen LogP contribution >= 0.6 is 0 Å². The number of rotatable bonds is 10. The molecule has 0 saturated heterocycles. The summed E-state index contributed by atoms with van der Waals surface area (Å²) in [4.78, 5) is 2.14. The monoisotopic (exact) mass is 328 g/mol. The molecule has 0 amide bonds. The number of aliphatic hydroxyl groups excluding tert-OH is 1. The summed E-state index contributed by atoms with van der Waals surface area (Å²) in [5.41, 5.74) is 3.05. The zero-order valence-corrected chi connectivity index (χ0v) is 14.4. The minimum atomic E-state index is -0.0381. The van der Waals surface area contributed by atoms with E-state index in [1.807, 2.05) is 55.6 Å². The summed E-state index contributed by atoms with van der Waals surface area (Å²) in [6, 6.07) is 16.0. The van der Waals surface area contributed by atoms with Crippen LogP contribution < -0.4 is 9.96 Å². The predicted molar refractivity (Wildman–Crippen MR) is 96.8 cm³/mol. The molecule has 2 rings (SSSR count). The van der Waals surface area contributed by atoms with Crippen molar-refractivity contribution in [3.63, 3.8) is 0 Å². The van der Waals surface area contributed by atoms with Gasteiger partial charge in [-0.05, 0) is 30.3 Å². The van der Waals surface area contributed by atoms with Gasteiger partial charge in [-0.2, -0.15) is 0 Å². The Kier molecular flexibility index (Phi) is 7.78.